The van der Waals surface area contributed by atoms with Crippen LogP contribution in [0.3, 0.4) is 0 Å². The summed E-state index contributed by atoms with van der Waals surface area (Å²) in [6, 6.07) is 24.4. The fourth-order valence-electron chi connectivity index (χ4n) is 4.25. The first-order valence-corrected chi connectivity index (χ1v) is 11.2. The van der Waals surface area contributed by atoms with Gasteiger partial charge in [0.15, 0.2) is 0 Å². The molecule has 1 saturated heterocycles. The third kappa shape index (κ3) is 4.99. The van der Waals surface area contributed by atoms with E-state index >= 15 is 0 Å². The van der Waals surface area contributed by atoms with Crippen LogP contribution in [-0.4, -0.2) is 35.0 Å². The normalized spacial score (nSPS) is 19.9. The molecule has 1 N–H and O–H groups in total. The van der Waals surface area contributed by atoms with E-state index in [1.807, 2.05) is 47.4 Å². The summed E-state index contributed by atoms with van der Waals surface area (Å²) in [6.07, 6.45) is 6.76. The summed E-state index contributed by atoms with van der Waals surface area (Å²) in [4.78, 5) is 18.8. The maximum atomic E-state index is 12.7. The van der Waals surface area contributed by atoms with E-state index < -0.39 is 0 Å². The second kappa shape index (κ2) is 9.27. The number of ether oxygens (including phenoxy) is 1. The average molecular weight is 426 g/mol. The predicted molar refractivity (Wildman–Crippen MR) is 126 cm³/mol. The maximum Gasteiger partial charge on any atom is 0.317 e. The van der Waals surface area contributed by atoms with Gasteiger partial charge in [-0.1, -0.05) is 60.2 Å². The fraction of sp³-hybridized carbons (Fsp3) is 0.259. The topological polar surface area (TPSA) is 54.5 Å². The predicted octanol–water partition coefficient (Wildman–Crippen LogP) is 5.62. The molecule has 1 saturated carbocycles. The van der Waals surface area contributed by atoms with Crippen LogP contribution in [0.4, 0.5) is 4.79 Å². The number of amides is 2. The molecule has 1 aliphatic carbocycles. The fourth-order valence-corrected chi connectivity index (χ4v) is 4.25. The Bertz CT molecular complexity index is 1090. The van der Waals surface area contributed by atoms with Gasteiger partial charge in [-0.05, 0) is 48.6 Å². The number of pyridine rings is 1. The molecule has 0 bridgehead atoms. The average Bonchev–Trinajstić information content (AvgIpc) is 3.60. The minimum atomic E-state index is 0.0678. The number of urea groups is 1. The molecule has 1 aliphatic heterocycles. The van der Waals surface area contributed by atoms with E-state index in [0.29, 0.717) is 11.8 Å². The highest BCUT2D eigenvalue weighted by Crippen LogP contribution is 2.40. The molecular weight excluding hydrogens is 398 g/mol. The lowest BCUT2D eigenvalue weighted by Gasteiger charge is -2.28. The molecule has 32 heavy (non-hydrogen) atoms. The monoisotopic (exact) mass is 425 g/mol. The number of likely N-dealkylation sites (tertiary alicyclic amines) is 1. The molecule has 162 valence electrons. The summed E-state index contributed by atoms with van der Waals surface area (Å²) < 4.78 is 5.84. The summed E-state index contributed by atoms with van der Waals surface area (Å²) >= 11 is 0. The minimum Gasteiger partial charge on any atom is -0.439 e. The van der Waals surface area contributed by atoms with Crippen LogP contribution in [-0.2, 0) is 0 Å². The van der Waals surface area contributed by atoms with Crippen LogP contribution in [0.25, 0.3) is 6.08 Å². The lowest BCUT2D eigenvalue weighted by Crippen LogP contribution is -2.44. The van der Waals surface area contributed by atoms with E-state index in [0.717, 1.165) is 43.7 Å². The van der Waals surface area contributed by atoms with Gasteiger partial charge in [0, 0.05) is 37.3 Å². The Morgan fingerprint density at radius 3 is 2.59 bits per heavy atom. The summed E-state index contributed by atoms with van der Waals surface area (Å²) in [5, 5.41) is 3.21. The number of benzene rings is 2. The number of piperidine rings is 1. The van der Waals surface area contributed by atoms with Crippen LogP contribution in [0, 0.1) is 0 Å². The Balaban J connectivity index is 1.13. The summed E-state index contributed by atoms with van der Waals surface area (Å²) in [7, 11) is 0. The molecule has 3 aromatic rings. The molecule has 0 radical (unpaired) electrons. The van der Waals surface area contributed by atoms with Gasteiger partial charge < -0.3 is 15.0 Å². The molecule has 1 unspecified atom stereocenters. The second-order valence-electron chi connectivity index (χ2n) is 8.44. The van der Waals surface area contributed by atoms with Crippen LogP contribution in [0.2, 0.25) is 0 Å². The van der Waals surface area contributed by atoms with Crippen LogP contribution >= 0.6 is 0 Å². The lowest BCUT2D eigenvalue weighted by atomic mass is 10.0. The number of aromatic nitrogens is 1. The van der Waals surface area contributed by atoms with Crippen molar-refractivity contribution < 1.29 is 9.53 Å². The summed E-state index contributed by atoms with van der Waals surface area (Å²) in [5.41, 5.74) is 3.78. The number of hydrogen-bond acceptors (Lipinski definition) is 3. The minimum absolute atomic E-state index is 0.0678. The van der Waals surface area contributed by atoms with Crippen LogP contribution in [0.15, 0.2) is 84.6 Å². The molecule has 0 spiro atoms. The van der Waals surface area contributed by atoms with Crippen molar-refractivity contribution in [2.75, 3.05) is 13.1 Å². The van der Waals surface area contributed by atoms with Gasteiger partial charge in [0.05, 0.1) is 0 Å². The molecule has 2 atom stereocenters. The lowest BCUT2D eigenvalue weighted by molar-refractivity contribution is 0.193. The molecule has 5 nitrogen and oxygen atoms in total. The Hall–Kier alpha value is -3.60. The first-order chi connectivity index (χ1) is 15.7. The highest BCUT2D eigenvalue weighted by atomic mass is 16.5. The number of carbonyl (C=O) groups excluding carboxylic acids is 1. The number of nitrogens with zero attached hydrogens (tertiary/aromatic N) is 2. The van der Waals surface area contributed by atoms with Gasteiger partial charge in [0.2, 0.25) is 5.88 Å². The molecular formula is C27H27N3O2. The molecule has 2 amide bonds. The zero-order chi connectivity index (χ0) is 21.8. The van der Waals surface area contributed by atoms with E-state index in [-0.39, 0.29) is 12.1 Å². The summed E-state index contributed by atoms with van der Waals surface area (Å²) in [5.74, 6) is 1.81. The van der Waals surface area contributed by atoms with Gasteiger partial charge in [0.1, 0.15) is 5.75 Å². The second-order valence-corrected chi connectivity index (χ2v) is 8.44. The third-order valence-electron chi connectivity index (χ3n) is 6.11. The van der Waals surface area contributed by atoms with Crippen molar-refractivity contribution in [3.63, 3.8) is 0 Å². The zero-order valence-electron chi connectivity index (χ0n) is 18.0. The van der Waals surface area contributed by atoms with Crippen LogP contribution in [0.1, 0.15) is 36.3 Å². The van der Waals surface area contributed by atoms with Gasteiger partial charge >= 0.3 is 6.03 Å². The van der Waals surface area contributed by atoms with Crippen molar-refractivity contribution in [2.45, 2.75) is 31.2 Å². The largest absolute Gasteiger partial charge is 0.439 e. The van der Waals surface area contributed by atoms with E-state index in [9.17, 15) is 4.79 Å². The maximum absolute atomic E-state index is 12.7. The highest BCUT2D eigenvalue weighted by molar-refractivity contribution is 5.75. The zero-order valence-corrected chi connectivity index (χ0v) is 18.0. The van der Waals surface area contributed by atoms with Crippen LogP contribution in [0.5, 0.6) is 11.6 Å². The van der Waals surface area contributed by atoms with Crippen molar-refractivity contribution in [1.29, 1.82) is 0 Å². The van der Waals surface area contributed by atoms with E-state index in [1.54, 1.807) is 6.20 Å². The summed E-state index contributed by atoms with van der Waals surface area (Å²) in [6.45, 7) is 1.51. The molecule has 2 aliphatic rings. The number of rotatable bonds is 5. The highest BCUT2D eigenvalue weighted by Gasteiger charge is 2.40. The molecule has 5 rings (SSSR count). The number of carbonyl (C=O) groups is 1. The Labute approximate surface area is 188 Å². The van der Waals surface area contributed by atoms with E-state index in [4.69, 9.17) is 4.74 Å². The van der Waals surface area contributed by atoms with Gasteiger partial charge in [-0.25, -0.2) is 9.78 Å². The van der Waals surface area contributed by atoms with Crippen molar-refractivity contribution in [3.8, 4) is 11.6 Å². The van der Waals surface area contributed by atoms with Gasteiger partial charge in [-0.2, -0.15) is 0 Å². The number of nitrogens with one attached hydrogen (secondary N) is 1. The van der Waals surface area contributed by atoms with Crippen molar-refractivity contribution in [1.82, 2.24) is 15.2 Å². The van der Waals surface area contributed by atoms with Gasteiger partial charge in [-0.3, -0.25) is 0 Å². The van der Waals surface area contributed by atoms with Crippen molar-refractivity contribution in [3.05, 3.63) is 95.7 Å². The Morgan fingerprint density at radius 1 is 1.00 bits per heavy atom. The molecule has 1 aromatic heterocycles. The van der Waals surface area contributed by atoms with Crippen LogP contribution < -0.4 is 10.1 Å². The number of hydrogen-bond donors (Lipinski definition) is 1. The smallest absolute Gasteiger partial charge is 0.317 e. The standard InChI is InChI=1S/C27H27N3O2/c31-27(29-25-19-24(25)22-8-2-1-3-9-22)30-15-12-20(13-16-30)17-21-7-6-10-23(18-21)32-26-11-4-5-14-28-26/h1-11,14,17-18,24-25H,12-13,15-16,19H2,(H,29,31)/t24?,25-/m1/s1. The Morgan fingerprint density at radius 2 is 1.81 bits per heavy atom. The van der Waals surface area contributed by atoms with Gasteiger partial charge in [0.25, 0.3) is 0 Å². The SMILES string of the molecule is O=C(N[C@@H]1CC1c1ccccc1)N1CCC(=Cc2cccc(Oc3ccccn3)c2)CC1. The first kappa shape index (κ1) is 20.3. The van der Waals surface area contributed by atoms with Crippen molar-refractivity contribution in [2.24, 2.45) is 0 Å². The van der Waals surface area contributed by atoms with Gasteiger partial charge in [-0.15, -0.1) is 0 Å². The molecule has 2 fully saturated rings. The third-order valence-corrected chi connectivity index (χ3v) is 6.11. The molecule has 2 aromatic carbocycles. The Kier molecular flexibility index (Phi) is 5.88. The first-order valence-electron chi connectivity index (χ1n) is 11.2. The molecule has 2 heterocycles. The quantitative estimate of drug-likeness (QED) is 0.577. The van der Waals surface area contributed by atoms with E-state index in [1.165, 1.54) is 11.1 Å². The van der Waals surface area contributed by atoms with E-state index in [2.05, 4.69) is 46.7 Å². The molecule has 5 heteroatoms. The van der Waals surface area contributed by atoms with Crippen molar-refractivity contribution >= 4 is 12.1 Å².